The maximum absolute atomic E-state index is 13.7. The van der Waals surface area contributed by atoms with Gasteiger partial charge in [-0.05, 0) is 24.6 Å². The predicted molar refractivity (Wildman–Crippen MR) is 67.1 cm³/mol. The summed E-state index contributed by atoms with van der Waals surface area (Å²) in [7, 11) is 0. The van der Waals surface area contributed by atoms with Crippen molar-refractivity contribution >= 4 is 17.3 Å². The normalized spacial score (nSPS) is 10.2. The van der Waals surface area contributed by atoms with Crippen molar-refractivity contribution in [3.63, 3.8) is 0 Å². The SMILES string of the molecule is CCCCN(CC(N)=O)c1ccc(N)cc1F. The van der Waals surface area contributed by atoms with E-state index in [9.17, 15) is 9.18 Å². The van der Waals surface area contributed by atoms with Crippen molar-refractivity contribution in [1.82, 2.24) is 0 Å². The van der Waals surface area contributed by atoms with E-state index in [1.807, 2.05) is 6.92 Å². The molecule has 0 saturated heterocycles. The fourth-order valence-electron chi connectivity index (χ4n) is 1.60. The second kappa shape index (κ2) is 6.08. The number of unbranched alkanes of at least 4 members (excludes halogenated alkanes) is 1. The van der Waals surface area contributed by atoms with Crippen LogP contribution >= 0.6 is 0 Å². The number of halogens is 1. The number of rotatable bonds is 6. The van der Waals surface area contributed by atoms with Crippen molar-refractivity contribution in [3.8, 4) is 0 Å². The number of benzene rings is 1. The second-order valence-corrected chi connectivity index (χ2v) is 3.95. The molecule has 0 aliphatic rings. The Labute approximate surface area is 100 Å². The third kappa shape index (κ3) is 3.94. The van der Waals surface area contributed by atoms with E-state index in [1.165, 1.54) is 6.07 Å². The van der Waals surface area contributed by atoms with Gasteiger partial charge in [0.15, 0.2) is 0 Å². The van der Waals surface area contributed by atoms with Gasteiger partial charge in [0.25, 0.3) is 0 Å². The molecule has 0 radical (unpaired) electrons. The van der Waals surface area contributed by atoms with E-state index in [4.69, 9.17) is 11.5 Å². The first kappa shape index (κ1) is 13.3. The zero-order valence-electron chi connectivity index (χ0n) is 9.95. The first-order valence-electron chi connectivity index (χ1n) is 5.63. The molecule has 5 heteroatoms. The molecule has 1 aromatic rings. The highest BCUT2D eigenvalue weighted by Crippen LogP contribution is 2.21. The van der Waals surface area contributed by atoms with Crippen molar-refractivity contribution in [2.24, 2.45) is 5.73 Å². The molecule has 0 aliphatic heterocycles. The molecule has 94 valence electrons. The molecule has 17 heavy (non-hydrogen) atoms. The van der Waals surface area contributed by atoms with Gasteiger partial charge in [-0.1, -0.05) is 13.3 Å². The van der Waals surface area contributed by atoms with Gasteiger partial charge >= 0.3 is 0 Å². The van der Waals surface area contributed by atoms with E-state index < -0.39 is 11.7 Å². The van der Waals surface area contributed by atoms with Gasteiger partial charge in [0.05, 0.1) is 12.2 Å². The predicted octanol–water partition coefficient (Wildman–Crippen LogP) is 1.50. The topological polar surface area (TPSA) is 72.3 Å². The van der Waals surface area contributed by atoms with Gasteiger partial charge in [0.2, 0.25) is 5.91 Å². The van der Waals surface area contributed by atoms with Crippen LogP contribution in [0.15, 0.2) is 18.2 Å². The Morgan fingerprint density at radius 2 is 2.18 bits per heavy atom. The smallest absolute Gasteiger partial charge is 0.236 e. The van der Waals surface area contributed by atoms with Crippen LogP contribution in [0.3, 0.4) is 0 Å². The first-order chi connectivity index (χ1) is 8.04. The zero-order valence-corrected chi connectivity index (χ0v) is 9.95. The lowest BCUT2D eigenvalue weighted by atomic mass is 10.2. The third-order valence-corrected chi connectivity index (χ3v) is 2.44. The fraction of sp³-hybridized carbons (Fsp3) is 0.417. The number of amides is 1. The Balaban J connectivity index is 2.90. The molecule has 1 aromatic carbocycles. The summed E-state index contributed by atoms with van der Waals surface area (Å²) in [5, 5.41) is 0. The van der Waals surface area contributed by atoms with Crippen LogP contribution < -0.4 is 16.4 Å². The standard InChI is InChI=1S/C12H18FN3O/c1-2-3-6-16(8-12(15)17)11-5-4-9(14)7-10(11)13/h4-5,7H,2-3,6,8,14H2,1H3,(H2,15,17). The van der Waals surface area contributed by atoms with Gasteiger partial charge in [-0.15, -0.1) is 0 Å². The Morgan fingerprint density at radius 1 is 1.47 bits per heavy atom. The Bertz CT molecular complexity index is 395. The summed E-state index contributed by atoms with van der Waals surface area (Å²) in [6.07, 6.45) is 1.84. The van der Waals surface area contributed by atoms with Crippen LogP contribution in [0.25, 0.3) is 0 Å². The minimum Gasteiger partial charge on any atom is -0.399 e. The van der Waals surface area contributed by atoms with Crippen LogP contribution in [-0.4, -0.2) is 19.0 Å². The molecular formula is C12H18FN3O. The second-order valence-electron chi connectivity index (χ2n) is 3.95. The fourth-order valence-corrected chi connectivity index (χ4v) is 1.60. The van der Waals surface area contributed by atoms with Crippen molar-refractivity contribution in [1.29, 1.82) is 0 Å². The highest BCUT2D eigenvalue weighted by molar-refractivity contribution is 5.79. The largest absolute Gasteiger partial charge is 0.399 e. The molecule has 1 rings (SSSR count). The van der Waals surface area contributed by atoms with E-state index in [-0.39, 0.29) is 6.54 Å². The molecule has 0 heterocycles. The molecule has 4 nitrogen and oxygen atoms in total. The number of hydrogen-bond donors (Lipinski definition) is 2. The van der Waals surface area contributed by atoms with Crippen molar-refractivity contribution in [3.05, 3.63) is 24.0 Å². The van der Waals surface area contributed by atoms with Crippen LogP contribution in [-0.2, 0) is 4.79 Å². The van der Waals surface area contributed by atoms with Gasteiger partial charge in [-0.2, -0.15) is 0 Å². The number of anilines is 2. The quantitative estimate of drug-likeness (QED) is 0.739. The summed E-state index contributed by atoms with van der Waals surface area (Å²) in [4.78, 5) is 12.6. The lowest BCUT2D eigenvalue weighted by molar-refractivity contribution is -0.116. The number of primary amides is 1. The van der Waals surface area contributed by atoms with Gasteiger partial charge < -0.3 is 16.4 Å². The lowest BCUT2D eigenvalue weighted by Gasteiger charge is -2.23. The van der Waals surface area contributed by atoms with Crippen LogP contribution in [0.4, 0.5) is 15.8 Å². The number of carbonyl (C=O) groups excluding carboxylic acids is 1. The van der Waals surface area contributed by atoms with Crippen LogP contribution in [0.2, 0.25) is 0 Å². The summed E-state index contributed by atoms with van der Waals surface area (Å²) in [6, 6.07) is 4.43. The average Bonchev–Trinajstić information content (AvgIpc) is 2.24. The number of hydrogen-bond acceptors (Lipinski definition) is 3. The van der Waals surface area contributed by atoms with Gasteiger partial charge in [0, 0.05) is 12.2 Å². The molecule has 0 bridgehead atoms. The maximum Gasteiger partial charge on any atom is 0.236 e. The minimum absolute atomic E-state index is 0.0147. The van der Waals surface area contributed by atoms with Crippen molar-refractivity contribution in [2.75, 3.05) is 23.7 Å². The highest BCUT2D eigenvalue weighted by Gasteiger charge is 2.13. The molecule has 0 spiro atoms. The molecular weight excluding hydrogens is 221 g/mol. The molecule has 0 fully saturated rings. The monoisotopic (exact) mass is 239 g/mol. The summed E-state index contributed by atoms with van der Waals surface area (Å²) < 4.78 is 13.7. The summed E-state index contributed by atoms with van der Waals surface area (Å²) in [6.45, 7) is 2.64. The molecule has 0 unspecified atom stereocenters. The Morgan fingerprint density at radius 3 is 2.71 bits per heavy atom. The van der Waals surface area contributed by atoms with E-state index in [1.54, 1.807) is 17.0 Å². The number of nitrogen functional groups attached to an aromatic ring is 1. The molecule has 0 atom stereocenters. The minimum atomic E-state index is -0.475. The Hall–Kier alpha value is -1.78. The molecule has 4 N–H and O–H groups in total. The average molecular weight is 239 g/mol. The van der Waals surface area contributed by atoms with Crippen molar-refractivity contribution < 1.29 is 9.18 Å². The molecule has 0 saturated carbocycles. The van der Waals surface area contributed by atoms with E-state index in [0.717, 1.165) is 12.8 Å². The third-order valence-electron chi connectivity index (χ3n) is 2.44. The summed E-state index contributed by atoms with van der Waals surface area (Å²) in [5.41, 5.74) is 11.4. The van der Waals surface area contributed by atoms with Crippen LogP contribution in [0.1, 0.15) is 19.8 Å². The first-order valence-corrected chi connectivity index (χ1v) is 5.63. The van der Waals surface area contributed by atoms with Crippen molar-refractivity contribution in [2.45, 2.75) is 19.8 Å². The lowest BCUT2D eigenvalue weighted by Crippen LogP contribution is -2.35. The number of nitrogens with two attached hydrogens (primary N) is 2. The molecule has 1 amide bonds. The maximum atomic E-state index is 13.7. The zero-order chi connectivity index (χ0) is 12.8. The van der Waals surface area contributed by atoms with E-state index in [0.29, 0.717) is 17.9 Å². The molecule has 0 aromatic heterocycles. The van der Waals surface area contributed by atoms with Crippen LogP contribution in [0, 0.1) is 5.82 Å². The Kier molecular flexibility index (Phi) is 4.75. The van der Waals surface area contributed by atoms with E-state index >= 15 is 0 Å². The highest BCUT2D eigenvalue weighted by atomic mass is 19.1. The number of nitrogens with zero attached hydrogens (tertiary/aromatic N) is 1. The van der Waals surface area contributed by atoms with Gasteiger partial charge in [0.1, 0.15) is 5.82 Å². The number of carbonyl (C=O) groups is 1. The van der Waals surface area contributed by atoms with Crippen LogP contribution in [0.5, 0.6) is 0 Å². The van der Waals surface area contributed by atoms with Gasteiger partial charge in [-0.25, -0.2) is 4.39 Å². The molecule has 0 aliphatic carbocycles. The summed E-state index contributed by atoms with van der Waals surface area (Å²) >= 11 is 0. The summed E-state index contributed by atoms with van der Waals surface area (Å²) in [5.74, 6) is -0.903. The van der Waals surface area contributed by atoms with Gasteiger partial charge in [-0.3, -0.25) is 4.79 Å². The van der Waals surface area contributed by atoms with E-state index in [2.05, 4.69) is 0 Å².